The normalized spacial score (nSPS) is 17.2. The van der Waals surface area contributed by atoms with Crippen LogP contribution in [0, 0.1) is 12.8 Å². The summed E-state index contributed by atoms with van der Waals surface area (Å²) >= 11 is 0. The zero-order valence-electron chi connectivity index (χ0n) is 19.6. The van der Waals surface area contributed by atoms with Crippen molar-refractivity contribution in [2.45, 2.75) is 32.9 Å². The van der Waals surface area contributed by atoms with Gasteiger partial charge in [-0.1, -0.05) is 12.1 Å². The number of hydrogen-bond donors (Lipinski definition) is 2. The highest BCUT2D eigenvalue weighted by atomic mass is 127. The van der Waals surface area contributed by atoms with Gasteiger partial charge in [0.25, 0.3) is 0 Å². The number of nitrogens with one attached hydrogen (secondary N) is 2. The van der Waals surface area contributed by atoms with Gasteiger partial charge in [0, 0.05) is 31.2 Å². The van der Waals surface area contributed by atoms with Crippen LogP contribution in [0.1, 0.15) is 36.3 Å². The van der Waals surface area contributed by atoms with Crippen molar-refractivity contribution >= 4 is 29.9 Å². The molecule has 2 N–H and O–H groups in total. The monoisotopic (exact) mass is 556 g/mol. The van der Waals surface area contributed by atoms with Crippen molar-refractivity contribution in [2.24, 2.45) is 10.9 Å². The van der Waals surface area contributed by atoms with Gasteiger partial charge in [-0.25, -0.2) is 4.99 Å². The number of rotatable bonds is 10. The van der Waals surface area contributed by atoms with Crippen molar-refractivity contribution in [3.05, 3.63) is 53.5 Å². The van der Waals surface area contributed by atoms with Crippen LogP contribution < -0.4 is 15.4 Å². The first-order valence-electron chi connectivity index (χ1n) is 11.1. The summed E-state index contributed by atoms with van der Waals surface area (Å²) in [5, 5.41) is 6.78. The second-order valence-corrected chi connectivity index (χ2v) is 8.22. The first-order valence-corrected chi connectivity index (χ1v) is 11.1. The third-order valence-electron chi connectivity index (χ3n) is 5.43. The van der Waals surface area contributed by atoms with Gasteiger partial charge in [0.15, 0.2) is 5.96 Å². The zero-order chi connectivity index (χ0) is 22.1. The average molecular weight is 556 g/mol. The second-order valence-electron chi connectivity index (χ2n) is 8.22. The van der Waals surface area contributed by atoms with E-state index in [-0.39, 0.29) is 30.0 Å². The lowest BCUT2D eigenvalue weighted by Gasteiger charge is -2.23. The summed E-state index contributed by atoms with van der Waals surface area (Å²) in [7, 11) is 4.09. The molecule has 1 aromatic carbocycles. The molecule has 1 aromatic heterocycles. The standard InChI is InChI=1S/C24H36N4O3.HI/c1-5-25-24(27-15-21(28(3)4)22-7-6-11-30-22)26-14-20-9-8-18(2)13-23(20)31-17-19-10-12-29-16-19;/h6-9,11,13,19,21H,5,10,12,14-17H2,1-4H3,(H2,25,26,27);1H. The Bertz CT molecular complexity index is 821. The van der Waals surface area contributed by atoms with E-state index in [2.05, 4.69) is 47.6 Å². The maximum atomic E-state index is 6.16. The second kappa shape index (κ2) is 13.7. The van der Waals surface area contributed by atoms with Gasteiger partial charge in [0.05, 0.1) is 32.1 Å². The molecule has 2 heterocycles. The summed E-state index contributed by atoms with van der Waals surface area (Å²) in [6, 6.07) is 10.3. The molecule has 1 fully saturated rings. The minimum Gasteiger partial charge on any atom is -0.493 e. The van der Waals surface area contributed by atoms with E-state index in [1.807, 2.05) is 26.2 Å². The molecule has 178 valence electrons. The predicted octanol–water partition coefficient (Wildman–Crippen LogP) is 3.98. The third-order valence-corrected chi connectivity index (χ3v) is 5.43. The van der Waals surface area contributed by atoms with E-state index in [1.54, 1.807) is 6.26 Å². The van der Waals surface area contributed by atoms with E-state index in [9.17, 15) is 0 Å². The zero-order valence-corrected chi connectivity index (χ0v) is 21.9. The van der Waals surface area contributed by atoms with Crippen LogP contribution >= 0.6 is 24.0 Å². The highest BCUT2D eigenvalue weighted by Gasteiger charge is 2.18. The van der Waals surface area contributed by atoms with Crippen molar-refractivity contribution in [3.8, 4) is 5.75 Å². The fraction of sp³-hybridized carbons (Fsp3) is 0.542. The van der Waals surface area contributed by atoms with Gasteiger partial charge in [-0.05, 0) is 58.1 Å². The lowest BCUT2D eigenvalue weighted by molar-refractivity contribution is 0.166. The van der Waals surface area contributed by atoms with Crippen molar-refractivity contribution in [3.63, 3.8) is 0 Å². The number of likely N-dealkylation sites (N-methyl/N-ethyl adjacent to an activating group) is 1. The summed E-state index contributed by atoms with van der Waals surface area (Å²) in [6.45, 7) is 8.48. The Morgan fingerprint density at radius 2 is 2.12 bits per heavy atom. The molecule has 3 rings (SSSR count). The summed E-state index contributed by atoms with van der Waals surface area (Å²) in [5.74, 6) is 3.09. The SMILES string of the molecule is CCNC(=NCc1ccc(C)cc1OCC1CCOC1)NCC(c1ccco1)N(C)C.I. The number of benzene rings is 1. The van der Waals surface area contributed by atoms with Gasteiger partial charge >= 0.3 is 0 Å². The number of aliphatic imine (C=N–C) groups is 1. The van der Waals surface area contributed by atoms with E-state index < -0.39 is 0 Å². The number of guanidine groups is 1. The van der Waals surface area contributed by atoms with E-state index >= 15 is 0 Å². The number of furan rings is 1. The van der Waals surface area contributed by atoms with Crippen molar-refractivity contribution in [1.29, 1.82) is 0 Å². The lowest BCUT2D eigenvalue weighted by atomic mass is 10.1. The molecule has 0 radical (unpaired) electrons. The molecule has 0 spiro atoms. The molecule has 2 unspecified atom stereocenters. The van der Waals surface area contributed by atoms with Crippen LogP contribution in [0.15, 0.2) is 46.0 Å². The van der Waals surface area contributed by atoms with Gasteiger partial charge in [-0.2, -0.15) is 0 Å². The summed E-state index contributed by atoms with van der Waals surface area (Å²) in [6.07, 6.45) is 2.78. The Morgan fingerprint density at radius 3 is 2.78 bits per heavy atom. The quantitative estimate of drug-likeness (QED) is 0.262. The number of halogens is 1. The molecular weight excluding hydrogens is 519 g/mol. The number of nitrogens with zero attached hydrogens (tertiary/aromatic N) is 2. The van der Waals surface area contributed by atoms with Gasteiger partial charge < -0.3 is 24.5 Å². The highest BCUT2D eigenvalue weighted by Crippen LogP contribution is 2.23. The average Bonchev–Trinajstić information content (AvgIpc) is 3.45. The van der Waals surface area contributed by atoms with Crippen molar-refractivity contribution in [2.75, 3.05) is 47.0 Å². The van der Waals surface area contributed by atoms with Crippen LogP contribution in [0.5, 0.6) is 5.75 Å². The molecule has 0 saturated carbocycles. The molecule has 1 aliphatic heterocycles. The van der Waals surface area contributed by atoms with Gasteiger partial charge in [-0.15, -0.1) is 24.0 Å². The van der Waals surface area contributed by atoms with Crippen LogP contribution in [-0.4, -0.2) is 57.9 Å². The molecule has 2 atom stereocenters. The Labute approximate surface area is 209 Å². The number of hydrogen-bond acceptors (Lipinski definition) is 5. The smallest absolute Gasteiger partial charge is 0.191 e. The Kier molecular flexibility index (Phi) is 11.3. The lowest BCUT2D eigenvalue weighted by Crippen LogP contribution is -2.41. The molecular formula is C24H37IN4O3. The third kappa shape index (κ3) is 7.97. The number of aryl methyl sites for hydroxylation is 1. The molecule has 0 bridgehead atoms. The minimum absolute atomic E-state index is 0. The van der Waals surface area contributed by atoms with Gasteiger partial charge in [0.2, 0.25) is 0 Å². The summed E-state index contributed by atoms with van der Waals surface area (Å²) in [5.41, 5.74) is 2.26. The minimum atomic E-state index is 0. The van der Waals surface area contributed by atoms with Crippen LogP contribution in [-0.2, 0) is 11.3 Å². The Balaban J connectivity index is 0.00000363. The summed E-state index contributed by atoms with van der Waals surface area (Å²) < 4.78 is 17.2. The van der Waals surface area contributed by atoms with E-state index in [0.717, 1.165) is 49.2 Å². The van der Waals surface area contributed by atoms with Crippen LogP contribution in [0.4, 0.5) is 0 Å². The molecule has 7 nitrogen and oxygen atoms in total. The van der Waals surface area contributed by atoms with E-state index in [4.69, 9.17) is 18.9 Å². The first-order chi connectivity index (χ1) is 15.1. The molecule has 32 heavy (non-hydrogen) atoms. The largest absolute Gasteiger partial charge is 0.493 e. The number of ether oxygens (including phenoxy) is 2. The van der Waals surface area contributed by atoms with E-state index in [1.165, 1.54) is 5.56 Å². The van der Waals surface area contributed by atoms with Crippen LogP contribution in [0.3, 0.4) is 0 Å². The maximum Gasteiger partial charge on any atom is 0.191 e. The fourth-order valence-corrected chi connectivity index (χ4v) is 3.57. The molecule has 2 aromatic rings. The Morgan fingerprint density at radius 1 is 1.28 bits per heavy atom. The highest BCUT2D eigenvalue weighted by molar-refractivity contribution is 14.0. The predicted molar refractivity (Wildman–Crippen MR) is 139 cm³/mol. The molecule has 1 saturated heterocycles. The molecule has 1 aliphatic rings. The van der Waals surface area contributed by atoms with Crippen molar-refractivity contribution in [1.82, 2.24) is 15.5 Å². The summed E-state index contributed by atoms with van der Waals surface area (Å²) in [4.78, 5) is 6.94. The maximum absolute atomic E-state index is 6.16. The van der Waals surface area contributed by atoms with Crippen LogP contribution in [0.25, 0.3) is 0 Å². The van der Waals surface area contributed by atoms with Gasteiger partial charge in [0.1, 0.15) is 11.5 Å². The molecule has 0 amide bonds. The van der Waals surface area contributed by atoms with Crippen LogP contribution in [0.2, 0.25) is 0 Å². The van der Waals surface area contributed by atoms with Crippen molar-refractivity contribution < 1.29 is 13.9 Å². The van der Waals surface area contributed by atoms with Gasteiger partial charge in [-0.3, -0.25) is 4.90 Å². The fourth-order valence-electron chi connectivity index (χ4n) is 3.57. The molecule has 8 heteroatoms. The Hall–Kier alpha value is -1.78. The topological polar surface area (TPSA) is 71.3 Å². The molecule has 0 aliphatic carbocycles. The van der Waals surface area contributed by atoms with E-state index in [0.29, 0.717) is 25.6 Å². The first kappa shape index (κ1) is 26.5.